The van der Waals surface area contributed by atoms with Crippen LogP contribution in [0.3, 0.4) is 0 Å². The zero-order valence-electron chi connectivity index (χ0n) is 19.8. The number of hydrogen-bond donors (Lipinski definition) is 2. The Bertz CT molecular complexity index is 1500. The number of sulfonamides is 1. The first-order chi connectivity index (χ1) is 18.0. The van der Waals surface area contributed by atoms with Crippen LogP contribution in [0, 0.1) is 0 Å². The highest BCUT2D eigenvalue weighted by atomic mass is 32.2. The van der Waals surface area contributed by atoms with Crippen molar-refractivity contribution in [2.24, 2.45) is 0 Å². The van der Waals surface area contributed by atoms with Gasteiger partial charge in [0.25, 0.3) is 10.0 Å². The summed E-state index contributed by atoms with van der Waals surface area (Å²) < 4.78 is 27.4. The maximum Gasteiger partial charge on any atom is 0.264 e. The Balaban J connectivity index is 1.24. The van der Waals surface area contributed by atoms with E-state index in [9.17, 15) is 13.2 Å². The van der Waals surface area contributed by atoms with Gasteiger partial charge in [0.05, 0.1) is 16.3 Å². The van der Waals surface area contributed by atoms with E-state index in [4.69, 9.17) is 9.97 Å². The first-order valence-electron chi connectivity index (χ1n) is 11.8. The fourth-order valence-corrected chi connectivity index (χ4v) is 5.67. The summed E-state index contributed by atoms with van der Waals surface area (Å²) in [5.41, 5.74) is 4.75. The second-order valence-electron chi connectivity index (χ2n) is 8.39. The van der Waals surface area contributed by atoms with Gasteiger partial charge in [-0.15, -0.1) is 0 Å². The zero-order valence-corrected chi connectivity index (χ0v) is 21.4. The predicted molar refractivity (Wildman–Crippen MR) is 143 cm³/mol. The molecule has 1 aliphatic rings. The smallest absolute Gasteiger partial charge is 0.264 e. The van der Waals surface area contributed by atoms with Crippen LogP contribution in [0.25, 0.3) is 11.3 Å². The molecular formula is C26H24N6O3S2. The van der Waals surface area contributed by atoms with Gasteiger partial charge in [-0.05, 0) is 56.0 Å². The van der Waals surface area contributed by atoms with Crippen LogP contribution >= 0.6 is 11.8 Å². The molecule has 2 heterocycles. The number of rotatable bonds is 8. The molecule has 0 atom stereocenters. The number of aryl methyl sites for hydroxylation is 1. The molecule has 0 spiro atoms. The predicted octanol–water partition coefficient (Wildman–Crippen LogP) is 4.34. The molecule has 2 aromatic carbocycles. The minimum Gasteiger partial charge on any atom is -0.325 e. The molecule has 0 saturated carbocycles. The van der Waals surface area contributed by atoms with Crippen LogP contribution < -0.4 is 10.0 Å². The van der Waals surface area contributed by atoms with Crippen LogP contribution in [-0.4, -0.2) is 40.0 Å². The molecule has 1 amide bonds. The van der Waals surface area contributed by atoms with Gasteiger partial charge in [0.1, 0.15) is 0 Å². The summed E-state index contributed by atoms with van der Waals surface area (Å²) in [5.74, 6) is -0.129. The van der Waals surface area contributed by atoms with Crippen molar-refractivity contribution < 1.29 is 13.2 Å². The molecule has 0 unspecified atom stereocenters. The minimum atomic E-state index is -3.85. The van der Waals surface area contributed by atoms with Gasteiger partial charge in [0.15, 0.2) is 5.16 Å². The average molecular weight is 533 g/mol. The van der Waals surface area contributed by atoms with E-state index >= 15 is 0 Å². The fraction of sp³-hybridized carbons (Fsp3) is 0.192. The Kier molecular flexibility index (Phi) is 7.42. The van der Waals surface area contributed by atoms with Crippen LogP contribution in [0.15, 0.2) is 83.1 Å². The van der Waals surface area contributed by atoms with Gasteiger partial charge in [-0.25, -0.2) is 33.1 Å². The lowest BCUT2D eigenvalue weighted by Gasteiger charge is -2.19. The number of amides is 1. The number of benzene rings is 2. The van der Waals surface area contributed by atoms with Gasteiger partial charge in [-0.2, -0.15) is 0 Å². The van der Waals surface area contributed by atoms with Crippen molar-refractivity contribution >= 4 is 39.3 Å². The van der Waals surface area contributed by atoms with Gasteiger partial charge >= 0.3 is 0 Å². The number of hydrogen-bond acceptors (Lipinski definition) is 8. The number of aromatic nitrogens is 4. The minimum absolute atomic E-state index is 0.0169. The summed E-state index contributed by atoms with van der Waals surface area (Å²) in [6.45, 7) is 0. The van der Waals surface area contributed by atoms with Crippen LogP contribution in [0.5, 0.6) is 0 Å². The van der Waals surface area contributed by atoms with Crippen LogP contribution in [0.2, 0.25) is 0 Å². The molecule has 5 rings (SSSR count). The van der Waals surface area contributed by atoms with E-state index < -0.39 is 10.0 Å². The highest BCUT2D eigenvalue weighted by Crippen LogP contribution is 2.31. The summed E-state index contributed by atoms with van der Waals surface area (Å²) in [4.78, 5) is 29.9. The van der Waals surface area contributed by atoms with Gasteiger partial charge in [0, 0.05) is 34.9 Å². The molecule has 1 aliphatic carbocycles. The molecule has 37 heavy (non-hydrogen) atoms. The summed E-state index contributed by atoms with van der Waals surface area (Å²) in [6, 6.07) is 17.5. The van der Waals surface area contributed by atoms with Crippen molar-refractivity contribution in [3.05, 3.63) is 84.3 Å². The zero-order chi connectivity index (χ0) is 25.7. The van der Waals surface area contributed by atoms with Crippen molar-refractivity contribution in [3.63, 3.8) is 0 Å². The van der Waals surface area contributed by atoms with E-state index in [1.807, 2.05) is 30.3 Å². The molecule has 2 N–H and O–H groups in total. The molecule has 2 aromatic heterocycles. The molecule has 4 aromatic rings. The Morgan fingerprint density at radius 1 is 0.892 bits per heavy atom. The Morgan fingerprint density at radius 2 is 1.62 bits per heavy atom. The lowest BCUT2D eigenvalue weighted by Crippen LogP contribution is -2.16. The molecule has 0 fully saturated rings. The lowest BCUT2D eigenvalue weighted by atomic mass is 9.92. The second-order valence-corrected chi connectivity index (χ2v) is 11.0. The van der Waals surface area contributed by atoms with Crippen molar-refractivity contribution in [2.75, 3.05) is 15.8 Å². The van der Waals surface area contributed by atoms with Crippen LogP contribution in [0.4, 0.5) is 11.6 Å². The molecule has 188 valence electrons. The summed E-state index contributed by atoms with van der Waals surface area (Å²) in [6.07, 6.45) is 6.99. The van der Waals surface area contributed by atoms with Gasteiger partial charge in [-0.1, -0.05) is 42.1 Å². The first kappa shape index (κ1) is 24.8. The third kappa shape index (κ3) is 6.12. The van der Waals surface area contributed by atoms with Gasteiger partial charge in [0.2, 0.25) is 11.9 Å². The van der Waals surface area contributed by atoms with Crippen molar-refractivity contribution in [1.29, 1.82) is 0 Å². The molecule has 0 saturated heterocycles. The third-order valence-electron chi connectivity index (χ3n) is 5.78. The fourth-order valence-electron chi connectivity index (χ4n) is 4.05. The second kappa shape index (κ2) is 11.1. The van der Waals surface area contributed by atoms with Gasteiger partial charge in [-0.3, -0.25) is 4.79 Å². The summed E-state index contributed by atoms with van der Waals surface area (Å²) >= 11 is 1.28. The summed E-state index contributed by atoms with van der Waals surface area (Å²) in [7, 11) is -3.85. The number of thioether (sulfide) groups is 1. The molecular weight excluding hydrogens is 508 g/mol. The lowest BCUT2D eigenvalue weighted by molar-refractivity contribution is -0.113. The van der Waals surface area contributed by atoms with E-state index in [1.165, 1.54) is 54.0 Å². The number of nitrogens with zero attached hydrogens (tertiary/aromatic N) is 4. The van der Waals surface area contributed by atoms with Crippen molar-refractivity contribution in [2.45, 2.75) is 35.7 Å². The number of carbonyl (C=O) groups is 1. The topological polar surface area (TPSA) is 127 Å². The van der Waals surface area contributed by atoms with Crippen LogP contribution in [0.1, 0.15) is 24.1 Å². The normalized spacial score (nSPS) is 13.0. The van der Waals surface area contributed by atoms with Crippen LogP contribution in [-0.2, 0) is 27.7 Å². The highest BCUT2D eigenvalue weighted by molar-refractivity contribution is 7.99. The van der Waals surface area contributed by atoms with Gasteiger partial charge < -0.3 is 5.32 Å². The number of nitrogens with one attached hydrogen (secondary N) is 2. The van der Waals surface area contributed by atoms with E-state index in [0.29, 0.717) is 10.8 Å². The highest BCUT2D eigenvalue weighted by Gasteiger charge is 2.20. The number of fused-ring (bicyclic) bond motifs is 1. The quantitative estimate of drug-likeness (QED) is 0.253. The standard InChI is InChI=1S/C26H24N6O3S2/c33-23(29-19-11-13-20(14-12-19)37(34,35)32-25-27-15-6-16-28-25)17-36-26-30-22-10-5-4-9-21(22)24(31-26)18-7-2-1-3-8-18/h1-3,6-8,11-16H,4-5,9-10,17H2,(H,29,33)(H,27,28,32). The monoisotopic (exact) mass is 532 g/mol. The van der Waals surface area contributed by atoms with Crippen molar-refractivity contribution in [1.82, 2.24) is 19.9 Å². The third-order valence-corrected chi connectivity index (χ3v) is 7.97. The Morgan fingerprint density at radius 3 is 2.38 bits per heavy atom. The Hall–Kier alpha value is -3.83. The Labute approximate surface area is 219 Å². The van der Waals surface area contributed by atoms with E-state index in [0.717, 1.165) is 42.6 Å². The maximum atomic E-state index is 12.6. The summed E-state index contributed by atoms with van der Waals surface area (Å²) in [5, 5.41) is 3.37. The van der Waals surface area contributed by atoms with E-state index in [2.05, 4.69) is 20.0 Å². The molecule has 0 bridgehead atoms. The first-order valence-corrected chi connectivity index (χ1v) is 14.2. The average Bonchev–Trinajstić information content (AvgIpc) is 2.92. The SMILES string of the molecule is O=C(CSc1nc2c(c(-c3ccccc3)n1)CCCC2)Nc1ccc(S(=O)(=O)Nc2ncccn2)cc1. The number of anilines is 2. The maximum absolute atomic E-state index is 12.6. The molecule has 0 aliphatic heterocycles. The largest absolute Gasteiger partial charge is 0.325 e. The van der Waals surface area contributed by atoms with E-state index in [1.54, 1.807) is 6.07 Å². The van der Waals surface area contributed by atoms with E-state index in [-0.39, 0.29) is 22.5 Å². The molecule has 11 heteroatoms. The molecule has 9 nitrogen and oxygen atoms in total. The molecule has 0 radical (unpaired) electrons. The van der Waals surface area contributed by atoms with Crippen molar-refractivity contribution in [3.8, 4) is 11.3 Å². The number of carbonyl (C=O) groups excluding carboxylic acids is 1.